The highest BCUT2D eigenvalue weighted by molar-refractivity contribution is 5.81. The van der Waals surface area contributed by atoms with E-state index in [0.29, 0.717) is 0 Å². The van der Waals surface area contributed by atoms with Crippen LogP contribution in [0.4, 0.5) is 17.6 Å². The standard InChI is InChI=1S/C8H11F4NO/c9-5-1-3-6(4-2-5)13-7(14)8(10,11)12/h5-6H,1-4H2,(H,13,14). The largest absolute Gasteiger partial charge is 0.471 e. The molecule has 0 aromatic carbocycles. The smallest absolute Gasteiger partial charge is 0.346 e. The van der Waals surface area contributed by atoms with Crippen LogP contribution in [-0.4, -0.2) is 24.3 Å². The maximum absolute atomic E-state index is 12.6. The van der Waals surface area contributed by atoms with Gasteiger partial charge >= 0.3 is 12.1 Å². The van der Waals surface area contributed by atoms with Crippen molar-refractivity contribution in [2.24, 2.45) is 0 Å². The number of rotatable bonds is 1. The predicted octanol–water partition coefficient (Wildman–Crippen LogP) is 1.95. The quantitative estimate of drug-likeness (QED) is 0.662. The van der Waals surface area contributed by atoms with Gasteiger partial charge in [-0.3, -0.25) is 4.79 Å². The summed E-state index contributed by atoms with van der Waals surface area (Å²) in [6.45, 7) is 0. The third kappa shape index (κ3) is 3.16. The van der Waals surface area contributed by atoms with Crippen molar-refractivity contribution >= 4 is 5.91 Å². The van der Waals surface area contributed by atoms with Crippen LogP contribution in [0.25, 0.3) is 0 Å². The molecular formula is C8H11F4NO. The van der Waals surface area contributed by atoms with Crippen molar-refractivity contribution in [3.05, 3.63) is 0 Å². The van der Waals surface area contributed by atoms with Crippen LogP contribution in [0.2, 0.25) is 0 Å². The monoisotopic (exact) mass is 213 g/mol. The van der Waals surface area contributed by atoms with Gasteiger partial charge in [0.1, 0.15) is 6.17 Å². The van der Waals surface area contributed by atoms with Gasteiger partial charge in [0.2, 0.25) is 0 Å². The molecule has 1 rings (SSSR count). The van der Waals surface area contributed by atoms with Gasteiger partial charge in [0.25, 0.3) is 0 Å². The molecule has 0 heterocycles. The van der Waals surface area contributed by atoms with Gasteiger partial charge in [0.15, 0.2) is 0 Å². The molecule has 0 saturated heterocycles. The highest BCUT2D eigenvalue weighted by Crippen LogP contribution is 2.22. The fourth-order valence-corrected chi connectivity index (χ4v) is 1.46. The second-order valence-electron chi connectivity index (χ2n) is 3.42. The average molecular weight is 213 g/mol. The lowest BCUT2D eigenvalue weighted by Gasteiger charge is -2.25. The van der Waals surface area contributed by atoms with Crippen molar-refractivity contribution in [2.45, 2.75) is 44.1 Å². The van der Waals surface area contributed by atoms with Gasteiger partial charge < -0.3 is 5.32 Å². The molecule has 2 nitrogen and oxygen atoms in total. The lowest BCUT2D eigenvalue weighted by Crippen LogP contribution is -2.44. The number of alkyl halides is 4. The number of carbonyl (C=O) groups excluding carboxylic acids is 1. The molecule has 1 saturated carbocycles. The zero-order valence-electron chi connectivity index (χ0n) is 7.40. The summed E-state index contributed by atoms with van der Waals surface area (Å²) in [5, 5.41) is 1.85. The van der Waals surface area contributed by atoms with Crippen molar-refractivity contribution in [1.82, 2.24) is 5.32 Å². The van der Waals surface area contributed by atoms with Gasteiger partial charge in [-0.05, 0) is 25.7 Å². The Labute approximate surface area is 78.7 Å². The molecule has 6 heteroatoms. The molecule has 82 valence electrons. The van der Waals surface area contributed by atoms with Crippen molar-refractivity contribution in [3.63, 3.8) is 0 Å². The number of carbonyl (C=O) groups is 1. The van der Waals surface area contributed by atoms with E-state index in [1.165, 1.54) is 0 Å². The zero-order chi connectivity index (χ0) is 10.8. The number of hydrogen-bond acceptors (Lipinski definition) is 1. The molecule has 0 aromatic rings. The molecule has 0 spiro atoms. The predicted molar refractivity (Wildman–Crippen MR) is 41.3 cm³/mol. The Morgan fingerprint density at radius 1 is 1.14 bits per heavy atom. The molecule has 1 fully saturated rings. The second-order valence-corrected chi connectivity index (χ2v) is 3.42. The topological polar surface area (TPSA) is 29.1 Å². The van der Waals surface area contributed by atoms with Crippen LogP contribution in [0.15, 0.2) is 0 Å². The minimum atomic E-state index is -4.84. The molecule has 1 N–H and O–H groups in total. The van der Waals surface area contributed by atoms with E-state index in [0.717, 1.165) is 0 Å². The van der Waals surface area contributed by atoms with Gasteiger partial charge in [-0.25, -0.2) is 4.39 Å². The van der Waals surface area contributed by atoms with Crippen molar-refractivity contribution in [2.75, 3.05) is 0 Å². The maximum Gasteiger partial charge on any atom is 0.471 e. The molecule has 1 aliphatic rings. The minimum absolute atomic E-state index is 0.225. The van der Waals surface area contributed by atoms with E-state index in [9.17, 15) is 22.4 Å². The van der Waals surface area contributed by atoms with Crippen molar-refractivity contribution < 1.29 is 22.4 Å². The summed E-state index contributed by atoms with van der Waals surface area (Å²) >= 11 is 0. The van der Waals surface area contributed by atoms with E-state index in [-0.39, 0.29) is 25.7 Å². The highest BCUT2D eigenvalue weighted by atomic mass is 19.4. The highest BCUT2D eigenvalue weighted by Gasteiger charge is 2.40. The molecule has 0 bridgehead atoms. The van der Waals surface area contributed by atoms with Gasteiger partial charge in [0, 0.05) is 6.04 Å². The fraction of sp³-hybridized carbons (Fsp3) is 0.875. The van der Waals surface area contributed by atoms with Crippen LogP contribution in [-0.2, 0) is 4.79 Å². The Morgan fingerprint density at radius 3 is 2.07 bits per heavy atom. The Hall–Kier alpha value is -0.810. The summed E-state index contributed by atoms with van der Waals surface area (Å²) < 4.78 is 48.0. The molecule has 14 heavy (non-hydrogen) atoms. The van der Waals surface area contributed by atoms with E-state index in [1.807, 2.05) is 5.32 Å². The summed E-state index contributed by atoms with van der Waals surface area (Å²) in [5.41, 5.74) is 0. The van der Waals surface area contributed by atoms with Crippen molar-refractivity contribution in [1.29, 1.82) is 0 Å². The van der Waals surface area contributed by atoms with Crippen LogP contribution in [0.1, 0.15) is 25.7 Å². The summed E-state index contributed by atoms with van der Waals surface area (Å²) in [5.74, 6) is -1.93. The Morgan fingerprint density at radius 2 is 1.64 bits per heavy atom. The SMILES string of the molecule is O=C(NC1CCC(F)CC1)C(F)(F)F. The normalized spacial score (nSPS) is 28.6. The van der Waals surface area contributed by atoms with Crippen LogP contribution < -0.4 is 5.32 Å². The first-order valence-corrected chi connectivity index (χ1v) is 4.41. The first-order chi connectivity index (χ1) is 6.39. The lowest BCUT2D eigenvalue weighted by atomic mass is 9.94. The van der Waals surface area contributed by atoms with E-state index in [2.05, 4.69) is 0 Å². The van der Waals surface area contributed by atoms with E-state index < -0.39 is 24.3 Å². The molecule has 0 aliphatic heterocycles. The van der Waals surface area contributed by atoms with Crippen LogP contribution in [0, 0.1) is 0 Å². The summed E-state index contributed by atoms with van der Waals surface area (Å²) in [4.78, 5) is 10.5. The van der Waals surface area contributed by atoms with Crippen LogP contribution >= 0.6 is 0 Å². The average Bonchev–Trinajstić information content (AvgIpc) is 2.07. The van der Waals surface area contributed by atoms with Crippen LogP contribution in [0.5, 0.6) is 0 Å². The van der Waals surface area contributed by atoms with Crippen molar-refractivity contribution in [3.8, 4) is 0 Å². The first kappa shape index (κ1) is 11.3. The third-order valence-corrected chi connectivity index (χ3v) is 2.25. The lowest BCUT2D eigenvalue weighted by molar-refractivity contribution is -0.174. The van der Waals surface area contributed by atoms with Crippen LogP contribution in [0.3, 0.4) is 0 Å². The zero-order valence-corrected chi connectivity index (χ0v) is 7.40. The van der Waals surface area contributed by atoms with E-state index in [1.54, 1.807) is 0 Å². The molecule has 0 unspecified atom stereocenters. The molecule has 0 atom stereocenters. The summed E-state index contributed by atoms with van der Waals surface area (Å²) in [6.07, 6.45) is -4.77. The molecule has 0 aromatic heterocycles. The number of halogens is 4. The maximum atomic E-state index is 12.6. The van der Waals surface area contributed by atoms with Gasteiger partial charge in [0.05, 0.1) is 0 Å². The molecule has 1 amide bonds. The van der Waals surface area contributed by atoms with Gasteiger partial charge in [-0.2, -0.15) is 13.2 Å². The fourth-order valence-electron chi connectivity index (χ4n) is 1.46. The molecular weight excluding hydrogens is 202 g/mol. The summed E-state index contributed by atoms with van der Waals surface area (Å²) in [7, 11) is 0. The number of nitrogens with one attached hydrogen (secondary N) is 1. The van der Waals surface area contributed by atoms with Gasteiger partial charge in [-0.15, -0.1) is 0 Å². The number of amides is 1. The Balaban J connectivity index is 2.35. The second kappa shape index (κ2) is 4.14. The molecule has 0 radical (unpaired) electrons. The Bertz CT molecular complexity index is 208. The third-order valence-electron chi connectivity index (χ3n) is 2.25. The van der Waals surface area contributed by atoms with E-state index >= 15 is 0 Å². The first-order valence-electron chi connectivity index (χ1n) is 4.41. The Kier molecular flexibility index (Phi) is 3.34. The molecule has 1 aliphatic carbocycles. The number of hydrogen-bond donors (Lipinski definition) is 1. The van der Waals surface area contributed by atoms with E-state index in [4.69, 9.17) is 0 Å². The minimum Gasteiger partial charge on any atom is -0.346 e. The van der Waals surface area contributed by atoms with Gasteiger partial charge in [-0.1, -0.05) is 0 Å². The summed E-state index contributed by atoms with van der Waals surface area (Å²) in [6, 6.07) is -0.531.